The third-order valence-electron chi connectivity index (χ3n) is 2.33. The van der Waals surface area contributed by atoms with Gasteiger partial charge in [0.1, 0.15) is 0 Å². The van der Waals surface area contributed by atoms with Crippen LogP contribution in [0.1, 0.15) is 26.7 Å². The fourth-order valence-corrected chi connectivity index (χ4v) is 1.56. The first-order valence-electron chi connectivity index (χ1n) is 4.73. The molecular formula is C9H20N2O. The highest BCUT2D eigenvalue weighted by Crippen LogP contribution is 2.08. The van der Waals surface area contributed by atoms with Crippen LogP contribution < -0.4 is 10.6 Å². The van der Waals surface area contributed by atoms with Crippen molar-refractivity contribution in [2.24, 2.45) is 0 Å². The molecule has 0 saturated carbocycles. The highest BCUT2D eigenvalue weighted by molar-refractivity contribution is 4.84. The van der Waals surface area contributed by atoms with Gasteiger partial charge < -0.3 is 15.7 Å². The van der Waals surface area contributed by atoms with Gasteiger partial charge in [0.05, 0.1) is 6.61 Å². The molecule has 1 aliphatic heterocycles. The van der Waals surface area contributed by atoms with Gasteiger partial charge >= 0.3 is 0 Å². The molecule has 0 spiro atoms. The third-order valence-corrected chi connectivity index (χ3v) is 2.33. The summed E-state index contributed by atoms with van der Waals surface area (Å²) in [5.74, 6) is 0. The second kappa shape index (κ2) is 4.21. The quantitative estimate of drug-likeness (QED) is 0.565. The Bertz CT molecular complexity index is 130. The summed E-state index contributed by atoms with van der Waals surface area (Å²) in [5, 5.41) is 15.8. The van der Waals surface area contributed by atoms with Crippen molar-refractivity contribution in [1.82, 2.24) is 10.6 Å². The molecule has 0 atom stereocenters. The Morgan fingerprint density at radius 1 is 1.42 bits per heavy atom. The smallest absolute Gasteiger partial charge is 0.0607 e. The zero-order chi connectivity index (χ0) is 9.03. The van der Waals surface area contributed by atoms with Gasteiger partial charge in [-0.05, 0) is 39.8 Å². The molecule has 3 nitrogen and oxygen atoms in total. The van der Waals surface area contributed by atoms with E-state index in [-0.39, 0.29) is 12.1 Å². The van der Waals surface area contributed by atoms with Crippen molar-refractivity contribution in [2.45, 2.75) is 38.3 Å². The van der Waals surface area contributed by atoms with Crippen LogP contribution in [0.2, 0.25) is 0 Å². The number of nitrogens with one attached hydrogen (secondary N) is 2. The van der Waals surface area contributed by atoms with Crippen molar-refractivity contribution in [3.8, 4) is 0 Å². The second-order valence-corrected chi connectivity index (χ2v) is 4.21. The lowest BCUT2D eigenvalue weighted by Crippen LogP contribution is -2.51. The van der Waals surface area contributed by atoms with Gasteiger partial charge in [0.15, 0.2) is 0 Å². The molecule has 72 valence electrons. The lowest BCUT2D eigenvalue weighted by molar-refractivity contribution is 0.166. The Balaban J connectivity index is 2.28. The van der Waals surface area contributed by atoms with Crippen LogP contribution in [0.4, 0.5) is 0 Å². The van der Waals surface area contributed by atoms with Crippen LogP contribution >= 0.6 is 0 Å². The van der Waals surface area contributed by atoms with Gasteiger partial charge in [-0.3, -0.25) is 0 Å². The van der Waals surface area contributed by atoms with Gasteiger partial charge in [-0.15, -0.1) is 0 Å². The van der Waals surface area contributed by atoms with E-state index in [0.717, 1.165) is 13.1 Å². The number of piperidine rings is 1. The number of aliphatic hydroxyl groups is 1. The highest BCUT2D eigenvalue weighted by atomic mass is 16.3. The maximum atomic E-state index is 9.05. The zero-order valence-electron chi connectivity index (χ0n) is 8.06. The van der Waals surface area contributed by atoms with Crippen molar-refractivity contribution < 1.29 is 5.11 Å². The van der Waals surface area contributed by atoms with E-state index >= 15 is 0 Å². The van der Waals surface area contributed by atoms with E-state index in [4.69, 9.17) is 5.11 Å². The van der Waals surface area contributed by atoms with E-state index in [1.54, 1.807) is 0 Å². The molecule has 0 unspecified atom stereocenters. The Kier molecular flexibility index (Phi) is 3.50. The van der Waals surface area contributed by atoms with Gasteiger partial charge in [-0.25, -0.2) is 0 Å². The van der Waals surface area contributed by atoms with Gasteiger partial charge in [0, 0.05) is 11.6 Å². The number of aliphatic hydroxyl groups excluding tert-OH is 1. The first kappa shape index (κ1) is 9.96. The lowest BCUT2D eigenvalue weighted by atomic mass is 10.0. The molecule has 1 rings (SSSR count). The largest absolute Gasteiger partial charge is 0.394 e. The van der Waals surface area contributed by atoms with Crippen LogP contribution in [0.25, 0.3) is 0 Å². The van der Waals surface area contributed by atoms with Crippen LogP contribution in [0, 0.1) is 0 Å². The number of hydrogen-bond donors (Lipinski definition) is 3. The van der Waals surface area contributed by atoms with Crippen molar-refractivity contribution in [1.29, 1.82) is 0 Å². The minimum absolute atomic E-state index is 0.123. The Labute approximate surface area is 74.5 Å². The molecule has 0 aromatic carbocycles. The molecule has 3 heteroatoms. The van der Waals surface area contributed by atoms with Crippen LogP contribution in [0.15, 0.2) is 0 Å². The van der Waals surface area contributed by atoms with Crippen molar-refractivity contribution >= 4 is 0 Å². The molecule has 0 aromatic rings. The van der Waals surface area contributed by atoms with E-state index in [2.05, 4.69) is 10.6 Å². The maximum absolute atomic E-state index is 9.05. The molecule has 3 N–H and O–H groups in total. The average molecular weight is 172 g/mol. The summed E-state index contributed by atoms with van der Waals surface area (Å²) in [4.78, 5) is 0. The van der Waals surface area contributed by atoms with Crippen molar-refractivity contribution in [3.05, 3.63) is 0 Å². The number of hydrogen-bond acceptors (Lipinski definition) is 3. The molecule has 0 radical (unpaired) electrons. The van der Waals surface area contributed by atoms with Crippen LogP contribution in [0.3, 0.4) is 0 Å². The molecule has 0 bridgehead atoms. The summed E-state index contributed by atoms with van der Waals surface area (Å²) in [6.45, 7) is 6.47. The Morgan fingerprint density at radius 2 is 2.00 bits per heavy atom. The van der Waals surface area contributed by atoms with Crippen LogP contribution in [-0.4, -0.2) is 36.4 Å². The molecule has 1 fully saturated rings. The summed E-state index contributed by atoms with van der Waals surface area (Å²) < 4.78 is 0. The van der Waals surface area contributed by atoms with E-state index < -0.39 is 0 Å². The predicted molar refractivity (Wildman–Crippen MR) is 50.2 cm³/mol. The Morgan fingerprint density at radius 3 is 2.50 bits per heavy atom. The maximum Gasteiger partial charge on any atom is 0.0607 e. The molecule has 1 saturated heterocycles. The molecule has 0 aromatic heterocycles. The minimum atomic E-state index is -0.123. The van der Waals surface area contributed by atoms with E-state index in [9.17, 15) is 0 Å². The molecule has 1 heterocycles. The van der Waals surface area contributed by atoms with Gasteiger partial charge in [-0.1, -0.05) is 0 Å². The van der Waals surface area contributed by atoms with Crippen LogP contribution in [-0.2, 0) is 0 Å². The second-order valence-electron chi connectivity index (χ2n) is 4.21. The summed E-state index contributed by atoms with van der Waals surface area (Å²) in [7, 11) is 0. The van der Waals surface area contributed by atoms with E-state index in [0.29, 0.717) is 6.04 Å². The summed E-state index contributed by atoms with van der Waals surface area (Å²) in [6.07, 6.45) is 2.34. The van der Waals surface area contributed by atoms with Crippen molar-refractivity contribution in [3.63, 3.8) is 0 Å². The zero-order valence-corrected chi connectivity index (χ0v) is 8.06. The molecule has 0 amide bonds. The molecule has 0 aliphatic carbocycles. The molecule has 1 aliphatic rings. The predicted octanol–water partition coefficient (Wildman–Crippen LogP) is 0.0989. The van der Waals surface area contributed by atoms with Gasteiger partial charge in [0.25, 0.3) is 0 Å². The topological polar surface area (TPSA) is 44.3 Å². The third kappa shape index (κ3) is 3.09. The van der Waals surface area contributed by atoms with Gasteiger partial charge in [-0.2, -0.15) is 0 Å². The standard InChI is InChI=1S/C9H20N2O/c1-9(2,7-12)11-8-3-5-10-6-4-8/h8,10-12H,3-7H2,1-2H3. The minimum Gasteiger partial charge on any atom is -0.394 e. The first-order chi connectivity index (χ1) is 5.64. The monoisotopic (exact) mass is 172 g/mol. The van der Waals surface area contributed by atoms with Crippen LogP contribution in [0.5, 0.6) is 0 Å². The Hall–Kier alpha value is -0.120. The first-order valence-corrected chi connectivity index (χ1v) is 4.73. The lowest BCUT2D eigenvalue weighted by Gasteiger charge is -2.32. The summed E-state index contributed by atoms with van der Waals surface area (Å²) in [5.41, 5.74) is -0.123. The SMILES string of the molecule is CC(C)(CO)NC1CCNCC1. The fourth-order valence-electron chi connectivity index (χ4n) is 1.56. The van der Waals surface area contributed by atoms with Gasteiger partial charge in [0.2, 0.25) is 0 Å². The highest BCUT2D eigenvalue weighted by Gasteiger charge is 2.22. The normalized spacial score (nSPS) is 21.2. The fraction of sp³-hybridized carbons (Fsp3) is 1.00. The molecular weight excluding hydrogens is 152 g/mol. The number of rotatable bonds is 3. The summed E-state index contributed by atoms with van der Waals surface area (Å²) in [6, 6.07) is 0.577. The summed E-state index contributed by atoms with van der Waals surface area (Å²) >= 11 is 0. The van der Waals surface area contributed by atoms with Crippen molar-refractivity contribution in [2.75, 3.05) is 19.7 Å². The van der Waals surface area contributed by atoms with E-state index in [1.807, 2.05) is 13.8 Å². The van der Waals surface area contributed by atoms with E-state index in [1.165, 1.54) is 12.8 Å². The molecule has 12 heavy (non-hydrogen) atoms. The average Bonchev–Trinajstić information content (AvgIpc) is 2.06.